The molecule has 0 bridgehead atoms. The Morgan fingerprint density at radius 1 is 1.05 bits per heavy atom. The summed E-state index contributed by atoms with van der Waals surface area (Å²) in [6.45, 7) is -0.0830. The van der Waals surface area contributed by atoms with Crippen LogP contribution in [0.3, 0.4) is 0 Å². The van der Waals surface area contributed by atoms with E-state index in [1.165, 1.54) is 31.4 Å². The van der Waals surface area contributed by atoms with Crippen LogP contribution in [0.2, 0.25) is 0 Å². The van der Waals surface area contributed by atoms with Crippen LogP contribution < -0.4 is 9.64 Å². The SMILES string of the molecule is COc1cccc(C2C3=CCC4C(=O)N(CCCC(=O)O)C(=O)C4C3CC3(Cl)C(=O)N(c4ccc(F)cc4)C(=O)C23Cl)c1O. The van der Waals surface area contributed by atoms with Gasteiger partial charge in [0.25, 0.3) is 11.8 Å². The standard InChI is InChI=1S/C31H27Cl2FN2O8/c1-44-21-5-2-4-19(25(21)39)24-17-11-12-18-23(27(41)35(26(18)40)13-3-6-22(37)38)20(17)14-30(32)28(42)36(29(43)31(24,30)33)16-9-7-15(34)8-10-16/h2,4-5,7-11,18,20,23-24,39H,3,6,12-14H2,1H3,(H,37,38). The number of aliphatic carboxylic acids is 1. The van der Waals surface area contributed by atoms with Gasteiger partial charge in [0, 0.05) is 24.4 Å². The minimum Gasteiger partial charge on any atom is -0.504 e. The normalized spacial score (nSPS) is 31.0. The number of anilines is 1. The molecule has 13 heteroatoms. The van der Waals surface area contributed by atoms with E-state index in [9.17, 15) is 33.5 Å². The van der Waals surface area contributed by atoms with Crippen LogP contribution in [0.4, 0.5) is 10.1 Å². The number of nitrogens with zero attached hydrogens (tertiary/aromatic N) is 2. The second kappa shape index (κ2) is 10.6. The summed E-state index contributed by atoms with van der Waals surface area (Å²) in [5.74, 6) is -8.47. The predicted molar refractivity (Wildman–Crippen MR) is 155 cm³/mol. The highest BCUT2D eigenvalue weighted by Crippen LogP contribution is 2.66. The second-order valence-electron chi connectivity index (χ2n) is 11.5. The van der Waals surface area contributed by atoms with Crippen molar-refractivity contribution in [2.75, 3.05) is 18.6 Å². The van der Waals surface area contributed by atoms with Crippen LogP contribution in [0, 0.1) is 23.6 Å². The van der Waals surface area contributed by atoms with Gasteiger partial charge in [-0.15, -0.1) is 23.2 Å². The van der Waals surface area contributed by atoms with Gasteiger partial charge in [0.2, 0.25) is 11.8 Å². The minimum atomic E-state index is -2.20. The van der Waals surface area contributed by atoms with Gasteiger partial charge in [0.15, 0.2) is 21.2 Å². The van der Waals surface area contributed by atoms with Crippen LogP contribution in [0.5, 0.6) is 11.5 Å². The number of carboxylic acids is 1. The highest BCUT2D eigenvalue weighted by atomic mass is 35.5. The van der Waals surface area contributed by atoms with Crippen LogP contribution in [-0.2, 0) is 24.0 Å². The number of likely N-dealkylation sites (tertiary alicyclic amines) is 1. The molecule has 6 atom stereocenters. The predicted octanol–water partition coefficient (Wildman–Crippen LogP) is 3.97. The average Bonchev–Trinajstić information content (AvgIpc) is 3.32. The molecule has 2 saturated heterocycles. The zero-order valence-corrected chi connectivity index (χ0v) is 24.8. The Bertz CT molecular complexity index is 1650. The molecule has 0 radical (unpaired) electrons. The number of phenols is 1. The molecule has 2 heterocycles. The average molecular weight is 645 g/mol. The number of allylic oxidation sites excluding steroid dienone is 2. The van der Waals surface area contributed by atoms with E-state index in [4.69, 9.17) is 33.0 Å². The number of carboxylic acid groups (broad SMARTS) is 1. The lowest BCUT2D eigenvalue weighted by molar-refractivity contribution is -0.142. The number of imide groups is 2. The van der Waals surface area contributed by atoms with Gasteiger partial charge in [0.1, 0.15) is 5.82 Å². The van der Waals surface area contributed by atoms with Crippen molar-refractivity contribution in [2.24, 2.45) is 17.8 Å². The maximum Gasteiger partial charge on any atom is 0.303 e. The Kier molecular flexibility index (Phi) is 7.24. The van der Waals surface area contributed by atoms with Gasteiger partial charge in [0.05, 0.1) is 24.6 Å². The Labute approximate surface area is 261 Å². The smallest absolute Gasteiger partial charge is 0.303 e. The molecule has 4 amide bonds. The quantitative estimate of drug-likeness (QED) is 0.262. The van der Waals surface area contributed by atoms with E-state index in [0.717, 1.165) is 21.9 Å². The second-order valence-corrected chi connectivity index (χ2v) is 12.7. The number of benzene rings is 2. The third-order valence-corrected chi connectivity index (χ3v) is 10.7. The highest BCUT2D eigenvalue weighted by molar-refractivity contribution is 6.58. The van der Waals surface area contributed by atoms with E-state index in [1.807, 2.05) is 0 Å². The molecule has 2 aliphatic heterocycles. The molecule has 1 saturated carbocycles. The zero-order chi connectivity index (χ0) is 31.7. The maximum atomic E-state index is 14.3. The third-order valence-electron chi connectivity index (χ3n) is 9.32. The molecular formula is C31H27Cl2FN2O8. The molecule has 6 rings (SSSR count). The van der Waals surface area contributed by atoms with E-state index >= 15 is 0 Å². The number of phenolic OH excluding ortho intramolecular Hbond substituents is 1. The van der Waals surface area contributed by atoms with Crippen LogP contribution >= 0.6 is 23.2 Å². The number of rotatable bonds is 7. The lowest BCUT2D eigenvalue weighted by atomic mass is 9.56. The summed E-state index contributed by atoms with van der Waals surface area (Å²) in [4.78, 5) is 64.3. The molecule has 0 aromatic heterocycles. The summed E-state index contributed by atoms with van der Waals surface area (Å²) in [7, 11) is 1.34. The molecule has 2 aromatic carbocycles. The van der Waals surface area contributed by atoms with Crippen LogP contribution in [0.1, 0.15) is 37.2 Å². The van der Waals surface area contributed by atoms with E-state index < -0.39 is 68.8 Å². The number of aromatic hydroxyl groups is 1. The van der Waals surface area contributed by atoms with Crippen LogP contribution in [-0.4, -0.2) is 68.1 Å². The molecule has 6 unspecified atom stereocenters. The largest absolute Gasteiger partial charge is 0.504 e. The molecule has 10 nitrogen and oxygen atoms in total. The monoisotopic (exact) mass is 644 g/mol. The van der Waals surface area contributed by atoms with Crippen molar-refractivity contribution in [3.05, 3.63) is 65.5 Å². The molecule has 230 valence electrons. The van der Waals surface area contributed by atoms with Gasteiger partial charge >= 0.3 is 5.97 Å². The zero-order valence-electron chi connectivity index (χ0n) is 23.3. The van der Waals surface area contributed by atoms with Crippen molar-refractivity contribution >= 4 is 58.5 Å². The lowest BCUT2D eigenvalue weighted by Gasteiger charge is -2.50. The summed E-state index contributed by atoms with van der Waals surface area (Å²) >= 11 is 14.6. The number of fused-ring (bicyclic) bond motifs is 4. The summed E-state index contributed by atoms with van der Waals surface area (Å²) in [6, 6.07) is 9.26. The number of hydrogen-bond acceptors (Lipinski definition) is 7. The fraction of sp³-hybridized carbons (Fsp3) is 0.387. The number of ether oxygens (including phenoxy) is 1. The molecule has 3 fully saturated rings. The van der Waals surface area contributed by atoms with Crippen LogP contribution in [0.15, 0.2) is 54.1 Å². The fourth-order valence-corrected chi connectivity index (χ4v) is 8.28. The first kappa shape index (κ1) is 30.1. The number of methoxy groups -OCH3 is 1. The molecule has 4 aliphatic rings. The molecule has 2 N–H and O–H groups in total. The van der Waals surface area contributed by atoms with Crippen molar-refractivity contribution in [2.45, 2.75) is 41.3 Å². The number of carbonyl (C=O) groups is 5. The summed E-state index contributed by atoms with van der Waals surface area (Å²) in [5.41, 5.74) is 0.642. The Morgan fingerprint density at radius 3 is 2.41 bits per heavy atom. The van der Waals surface area contributed by atoms with Gasteiger partial charge in [-0.05, 0) is 55.5 Å². The maximum absolute atomic E-state index is 14.3. The summed E-state index contributed by atoms with van der Waals surface area (Å²) in [6.07, 6.45) is 1.40. The van der Waals surface area contributed by atoms with Crippen molar-refractivity contribution in [1.29, 1.82) is 0 Å². The van der Waals surface area contributed by atoms with E-state index in [-0.39, 0.29) is 55.0 Å². The van der Waals surface area contributed by atoms with Crippen molar-refractivity contribution in [3.8, 4) is 11.5 Å². The van der Waals surface area contributed by atoms with E-state index in [1.54, 1.807) is 12.1 Å². The van der Waals surface area contributed by atoms with Gasteiger partial charge in [-0.2, -0.15) is 0 Å². The van der Waals surface area contributed by atoms with Gasteiger partial charge in [-0.1, -0.05) is 23.8 Å². The number of alkyl halides is 2. The van der Waals surface area contributed by atoms with E-state index in [2.05, 4.69) is 0 Å². The number of hydrogen-bond donors (Lipinski definition) is 2. The number of halogens is 3. The van der Waals surface area contributed by atoms with Crippen molar-refractivity contribution in [1.82, 2.24) is 4.90 Å². The number of amides is 4. The molecule has 44 heavy (non-hydrogen) atoms. The summed E-state index contributed by atoms with van der Waals surface area (Å²) < 4.78 is 19.1. The Morgan fingerprint density at radius 2 is 1.75 bits per heavy atom. The number of para-hydroxylation sites is 1. The molecule has 2 aliphatic carbocycles. The van der Waals surface area contributed by atoms with Crippen molar-refractivity contribution in [3.63, 3.8) is 0 Å². The van der Waals surface area contributed by atoms with Crippen LogP contribution in [0.25, 0.3) is 0 Å². The topological polar surface area (TPSA) is 142 Å². The Balaban J connectivity index is 1.51. The minimum absolute atomic E-state index is 0.0380. The van der Waals surface area contributed by atoms with Gasteiger partial charge < -0.3 is 14.9 Å². The third kappa shape index (κ3) is 4.08. The fourth-order valence-electron chi connectivity index (χ4n) is 7.36. The first-order valence-corrected chi connectivity index (χ1v) is 14.8. The van der Waals surface area contributed by atoms with Gasteiger partial charge in [-0.3, -0.25) is 28.9 Å². The van der Waals surface area contributed by atoms with E-state index in [0.29, 0.717) is 5.57 Å². The molecule has 0 spiro atoms. The highest BCUT2D eigenvalue weighted by Gasteiger charge is 2.77. The first-order chi connectivity index (χ1) is 20.9. The molecule has 2 aromatic rings. The first-order valence-electron chi connectivity index (χ1n) is 14.0. The Hall–Kier alpha value is -3.96. The molecular weight excluding hydrogens is 618 g/mol. The van der Waals surface area contributed by atoms with Crippen molar-refractivity contribution < 1.29 is 43.3 Å². The summed E-state index contributed by atoms with van der Waals surface area (Å²) in [5, 5.41) is 20.3. The number of carbonyl (C=O) groups excluding carboxylic acids is 4. The van der Waals surface area contributed by atoms with Gasteiger partial charge in [-0.25, -0.2) is 9.29 Å². The lowest BCUT2D eigenvalue weighted by Crippen LogP contribution is -2.60.